The third kappa shape index (κ3) is 4.86. The van der Waals surface area contributed by atoms with Gasteiger partial charge in [-0.15, -0.1) is 11.3 Å². The molecule has 3 aromatic rings. The maximum absolute atomic E-state index is 13.2. The molecule has 0 amide bonds. The molecule has 1 aliphatic heterocycles. The van der Waals surface area contributed by atoms with Gasteiger partial charge in [0.05, 0.1) is 6.04 Å². The number of nitrogens with zero attached hydrogens (tertiary/aromatic N) is 3. The predicted molar refractivity (Wildman–Crippen MR) is 117 cm³/mol. The summed E-state index contributed by atoms with van der Waals surface area (Å²) in [4.78, 5) is 8.70. The van der Waals surface area contributed by atoms with E-state index < -0.39 is 10.0 Å². The Bertz CT molecular complexity index is 1040. The van der Waals surface area contributed by atoms with Crippen molar-refractivity contribution >= 4 is 27.0 Å². The molecule has 0 saturated carbocycles. The molecule has 1 N–H and O–H groups in total. The second-order valence-corrected chi connectivity index (χ2v) is 10.0. The van der Waals surface area contributed by atoms with Gasteiger partial charge in [-0.05, 0) is 47.3 Å². The number of nitrogens with one attached hydrogen (secondary N) is 1. The average Bonchev–Trinajstić information content (AvgIpc) is 3.32. The van der Waals surface area contributed by atoms with E-state index in [1.165, 1.54) is 23.5 Å². The molecular formula is C21H23FN4O2S2. The van der Waals surface area contributed by atoms with Gasteiger partial charge in [0, 0.05) is 50.8 Å². The number of rotatable bonds is 7. The summed E-state index contributed by atoms with van der Waals surface area (Å²) >= 11 is 1.20. The van der Waals surface area contributed by atoms with Crippen molar-refractivity contribution in [1.29, 1.82) is 0 Å². The highest BCUT2D eigenvalue weighted by molar-refractivity contribution is 7.91. The molecule has 1 atom stereocenters. The van der Waals surface area contributed by atoms with Gasteiger partial charge in [-0.1, -0.05) is 12.1 Å². The van der Waals surface area contributed by atoms with Gasteiger partial charge in [0.25, 0.3) is 0 Å². The Morgan fingerprint density at radius 3 is 2.47 bits per heavy atom. The SMILES string of the molecule is O=S(=O)(NC[C@H](c1cccnc1)N1CCN(c2ccc(F)cc2)CC1)c1cccs1. The van der Waals surface area contributed by atoms with Crippen LogP contribution in [0, 0.1) is 5.82 Å². The quantitative estimate of drug-likeness (QED) is 0.604. The van der Waals surface area contributed by atoms with Gasteiger partial charge in [0.15, 0.2) is 0 Å². The molecule has 158 valence electrons. The topological polar surface area (TPSA) is 65.5 Å². The monoisotopic (exact) mass is 446 g/mol. The molecule has 4 rings (SSSR count). The number of hydrogen-bond acceptors (Lipinski definition) is 6. The molecule has 1 fully saturated rings. The molecule has 0 radical (unpaired) electrons. The van der Waals surface area contributed by atoms with Crippen molar-refractivity contribution < 1.29 is 12.8 Å². The Labute approximate surface area is 180 Å². The lowest BCUT2D eigenvalue weighted by Crippen LogP contribution is -2.49. The van der Waals surface area contributed by atoms with E-state index in [-0.39, 0.29) is 18.4 Å². The zero-order chi connectivity index (χ0) is 21.0. The molecular weight excluding hydrogens is 423 g/mol. The van der Waals surface area contributed by atoms with Gasteiger partial charge in [-0.25, -0.2) is 17.5 Å². The maximum Gasteiger partial charge on any atom is 0.250 e. The molecule has 3 heterocycles. The first-order chi connectivity index (χ1) is 14.5. The van der Waals surface area contributed by atoms with E-state index in [1.807, 2.05) is 12.1 Å². The van der Waals surface area contributed by atoms with Gasteiger partial charge in [0.1, 0.15) is 10.0 Å². The van der Waals surface area contributed by atoms with E-state index >= 15 is 0 Å². The molecule has 0 bridgehead atoms. The summed E-state index contributed by atoms with van der Waals surface area (Å²) in [5.74, 6) is -0.243. The van der Waals surface area contributed by atoms with Crippen LogP contribution < -0.4 is 9.62 Å². The fourth-order valence-corrected chi connectivity index (χ4v) is 5.73. The van der Waals surface area contributed by atoms with E-state index in [0.717, 1.165) is 37.4 Å². The summed E-state index contributed by atoms with van der Waals surface area (Å²) in [6, 6.07) is 13.6. The van der Waals surface area contributed by atoms with Crippen LogP contribution in [0.5, 0.6) is 0 Å². The zero-order valence-electron chi connectivity index (χ0n) is 16.3. The van der Waals surface area contributed by atoms with E-state index in [4.69, 9.17) is 0 Å². The minimum atomic E-state index is -3.54. The molecule has 1 saturated heterocycles. The summed E-state index contributed by atoms with van der Waals surface area (Å²) in [5.41, 5.74) is 1.97. The van der Waals surface area contributed by atoms with Crippen LogP contribution in [0.15, 0.2) is 70.5 Å². The van der Waals surface area contributed by atoms with E-state index in [0.29, 0.717) is 4.21 Å². The highest BCUT2D eigenvalue weighted by Crippen LogP contribution is 2.25. The largest absolute Gasteiger partial charge is 0.369 e. The van der Waals surface area contributed by atoms with Gasteiger partial charge >= 0.3 is 0 Å². The summed E-state index contributed by atoms with van der Waals surface area (Å²) in [5, 5.41) is 1.75. The molecule has 1 aliphatic rings. The molecule has 1 aromatic carbocycles. The maximum atomic E-state index is 13.2. The third-order valence-electron chi connectivity index (χ3n) is 5.24. The van der Waals surface area contributed by atoms with Crippen molar-refractivity contribution in [3.8, 4) is 0 Å². The Hall–Kier alpha value is -2.33. The summed E-state index contributed by atoms with van der Waals surface area (Å²) < 4.78 is 41.5. The summed E-state index contributed by atoms with van der Waals surface area (Å²) in [6.45, 7) is 3.35. The lowest BCUT2D eigenvalue weighted by atomic mass is 10.1. The minimum absolute atomic E-state index is 0.121. The van der Waals surface area contributed by atoms with Gasteiger partial charge in [-0.2, -0.15) is 0 Å². The number of sulfonamides is 1. The van der Waals surface area contributed by atoms with Crippen molar-refractivity contribution in [3.63, 3.8) is 0 Å². The van der Waals surface area contributed by atoms with Crippen LogP contribution in [0.1, 0.15) is 11.6 Å². The number of pyridine rings is 1. The Balaban J connectivity index is 1.46. The molecule has 6 nitrogen and oxygen atoms in total. The smallest absolute Gasteiger partial charge is 0.250 e. The average molecular weight is 447 g/mol. The lowest BCUT2D eigenvalue weighted by molar-refractivity contribution is 0.186. The fraction of sp³-hybridized carbons (Fsp3) is 0.286. The predicted octanol–water partition coefficient (Wildman–Crippen LogP) is 3.12. The van der Waals surface area contributed by atoms with Crippen molar-refractivity contribution in [1.82, 2.24) is 14.6 Å². The number of hydrogen-bond donors (Lipinski definition) is 1. The number of aromatic nitrogens is 1. The van der Waals surface area contributed by atoms with Crippen LogP contribution >= 0.6 is 11.3 Å². The van der Waals surface area contributed by atoms with Crippen LogP contribution in [0.4, 0.5) is 10.1 Å². The lowest BCUT2D eigenvalue weighted by Gasteiger charge is -2.40. The number of piperazine rings is 1. The standard InChI is InChI=1S/C21H23FN4O2S2/c22-18-5-7-19(8-6-18)25-10-12-26(13-11-25)20(17-3-1-9-23-15-17)16-24-30(27,28)21-4-2-14-29-21/h1-9,14-15,20,24H,10-13,16H2/t20-/m1/s1. The van der Waals surface area contributed by atoms with Crippen molar-refractivity contribution in [2.75, 3.05) is 37.6 Å². The highest BCUT2D eigenvalue weighted by atomic mass is 32.2. The second-order valence-electron chi connectivity index (χ2n) is 7.09. The Kier molecular flexibility index (Phi) is 6.43. The van der Waals surface area contributed by atoms with E-state index in [9.17, 15) is 12.8 Å². The van der Waals surface area contributed by atoms with Gasteiger partial charge in [0.2, 0.25) is 10.0 Å². The van der Waals surface area contributed by atoms with Crippen molar-refractivity contribution in [2.24, 2.45) is 0 Å². The first-order valence-corrected chi connectivity index (χ1v) is 12.1. The molecule has 0 aliphatic carbocycles. The number of benzene rings is 1. The van der Waals surface area contributed by atoms with E-state index in [1.54, 1.807) is 42.0 Å². The highest BCUT2D eigenvalue weighted by Gasteiger charge is 2.27. The van der Waals surface area contributed by atoms with Crippen LogP contribution in [-0.4, -0.2) is 51.0 Å². The molecule has 9 heteroatoms. The number of anilines is 1. The fourth-order valence-electron chi connectivity index (χ4n) is 3.65. The first kappa shape index (κ1) is 20.9. The van der Waals surface area contributed by atoms with Crippen molar-refractivity contribution in [3.05, 3.63) is 77.7 Å². The van der Waals surface area contributed by atoms with Crippen LogP contribution in [0.3, 0.4) is 0 Å². The zero-order valence-corrected chi connectivity index (χ0v) is 17.9. The summed E-state index contributed by atoms with van der Waals surface area (Å²) in [6.07, 6.45) is 3.50. The number of thiophene rings is 1. The first-order valence-electron chi connectivity index (χ1n) is 9.70. The summed E-state index contributed by atoms with van der Waals surface area (Å²) in [7, 11) is -3.54. The molecule has 0 unspecified atom stereocenters. The van der Waals surface area contributed by atoms with Crippen LogP contribution in [0.25, 0.3) is 0 Å². The minimum Gasteiger partial charge on any atom is -0.369 e. The van der Waals surface area contributed by atoms with Gasteiger partial charge < -0.3 is 4.90 Å². The Morgan fingerprint density at radius 1 is 1.07 bits per heavy atom. The van der Waals surface area contributed by atoms with Crippen LogP contribution in [-0.2, 0) is 10.0 Å². The second kappa shape index (κ2) is 9.22. The normalized spacial score (nSPS) is 16.5. The molecule has 2 aromatic heterocycles. The molecule has 30 heavy (non-hydrogen) atoms. The van der Waals surface area contributed by atoms with Gasteiger partial charge in [-0.3, -0.25) is 9.88 Å². The Morgan fingerprint density at radius 2 is 1.83 bits per heavy atom. The van der Waals surface area contributed by atoms with E-state index in [2.05, 4.69) is 19.5 Å². The molecule has 0 spiro atoms. The van der Waals surface area contributed by atoms with Crippen molar-refractivity contribution in [2.45, 2.75) is 10.3 Å². The third-order valence-corrected chi connectivity index (χ3v) is 8.06. The number of halogens is 1. The van der Waals surface area contributed by atoms with Crippen LogP contribution in [0.2, 0.25) is 0 Å².